The molecule has 1 N–H and O–H groups in total. The van der Waals surface area contributed by atoms with E-state index in [1.54, 1.807) is 17.0 Å². The summed E-state index contributed by atoms with van der Waals surface area (Å²) in [6.07, 6.45) is 0.688. The first-order chi connectivity index (χ1) is 13.5. The molecule has 2 aliphatic heterocycles. The minimum atomic E-state index is -0.447. The summed E-state index contributed by atoms with van der Waals surface area (Å²) in [6.45, 7) is 2.76. The summed E-state index contributed by atoms with van der Waals surface area (Å²) in [6, 6.07) is 11.0. The van der Waals surface area contributed by atoms with Gasteiger partial charge < -0.3 is 10.2 Å². The number of fused-ring (bicyclic) bond motifs is 1. The summed E-state index contributed by atoms with van der Waals surface area (Å²) in [7, 11) is 0. The van der Waals surface area contributed by atoms with E-state index in [0.717, 1.165) is 17.7 Å². The molecule has 1 saturated heterocycles. The average Bonchev–Trinajstić information content (AvgIpc) is 3.11. The van der Waals surface area contributed by atoms with Crippen LogP contribution in [0, 0.1) is 15.9 Å². The molecule has 0 aromatic heterocycles. The lowest BCUT2D eigenvalue weighted by Gasteiger charge is -2.36. The second kappa shape index (κ2) is 8.86. The number of hydrogen-bond donors (Lipinski definition) is 1. The average molecular weight is 421 g/mol. The minimum absolute atomic E-state index is 0. The van der Waals surface area contributed by atoms with Crippen molar-refractivity contribution in [2.45, 2.75) is 12.5 Å². The van der Waals surface area contributed by atoms with E-state index in [2.05, 4.69) is 5.32 Å². The quantitative estimate of drug-likeness (QED) is 0.607. The zero-order valence-corrected chi connectivity index (χ0v) is 16.5. The number of anilines is 1. The van der Waals surface area contributed by atoms with Gasteiger partial charge in [0.15, 0.2) is 0 Å². The third kappa shape index (κ3) is 4.39. The maximum atomic E-state index is 13.7. The van der Waals surface area contributed by atoms with Gasteiger partial charge in [-0.3, -0.25) is 19.8 Å². The number of halogens is 2. The number of amides is 1. The minimum Gasteiger partial charge on any atom is -0.314 e. The van der Waals surface area contributed by atoms with Gasteiger partial charge in [-0.25, -0.2) is 4.39 Å². The number of carbonyl (C=O) groups excluding carboxylic acids is 1. The second-order valence-electron chi connectivity index (χ2n) is 7.11. The van der Waals surface area contributed by atoms with Crippen LogP contribution in [0.15, 0.2) is 42.5 Å². The molecule has 1 amide bonds. The van der Waals surface area contributed by atoms with Gasteiger partial charge in [-0.2, -0.15) is 0 Å². The first-order valence-electron chi connectivity index (χ1n) is 9.31. The highest BCUT2D eigenvalue weighted by atomic mass is 35.5. The molecule has 2 aromatic rings. The Bertz CT molecular complexity index is 926. The third-order valence-corrected chi connectivity index (χ3v) is 5.40. The van der Waals surface area contributed by atoms with E-state index in [1.807, 2.05) is 11.0 Å². The van der Waals surface area contributed by atoms with Gasteiger partial charge >= 0.3 is 0 Å². The molecule has 0 saturated carbocycles. The van der Waals surface area contributed by atoms with Crippen LogP contribution in [0.5, 0.6) is 0 Å². The number of benzene rings is 2. The molecule has 2 heterocycles. The smallest absolute Gasteiger partial charge is 0.271 e. The Morgan fingerprint density at radius 2 is 2.07 bits per heavy atom. The van der Waals surface area contributed by atoms with Gasteiger partial charge in [0.1, 0.15) is 5.82 Å². The van der Waals surface area contributed by atoms with Gasteiger partial charge in [0.05, 0.1) is 17.2 Å². The van der Waals surface area contributed by atoms with Crippen LogP contribution in [0.3, 0.4) is 0 Å². The SMILES string of the molecule is Cl.O=C(CN1CCNCC1c1cccc(F)c1)N1CCc2ccc([N+](=O)[O-])cc21. The van der Waals surface area contributed by atoms with E-state index in [4.69, 9.17) is 0 Å². The predicted octanol–water partition coefficient (Wildman–Crippen LogP) is 2.69. The number of rotatable bonds is 4. The lowest BCUT2D eigenvalue weighted by Crippen LogP contribution is -2.50. The van der Waals surface area contributed by atoms with Crippen LogP contribution in [-0.4, -0.2) is 48.5 Å². The summed E-state index contributed by atoms with van der Waals surface area (Å²) in [5.41, 5.74) is 2.38. The van der Waals surface area contributed by atoms with Crippen LogP contribution < -0.4 is 10.2 Å². The molecule has 1 unspecified atom stereocenters. The largest absolute Gasteiger partial charge is 0.314 e. The molecule has 9 heteroatoms. The van der Waals surface area contributed by atoms with Crippen LogP contribution in [0.1, 0.15) is 17.2 Å². The molecular formula is C20H22ClFN4O3. The van der Waals surface area contributed by atoms with Crippen molar-refractivity contribution in [1.29, 1.82) is 0 Å². The zero-order chi connectivity index (χ0) is 19.7. The lowest BCUT2D eigenvalue weighted by atomic mass is 10.0. The summed E-state index contributed by atoms with van der Waals surface area (Å²) in [4.78, 5) is 27.3. The maximum absolute atomic E-state index is 13.7. The van der Waals surface area contributed by atoms with Gasteiger partial charge in [0.2, 0.25) is 5.91 Å². The monoisotopic (exact) mass is 420 g/mol. The Hall–Kier alpha value is -2.55. The topological polar surface area (TPSA) is 78.7 Å². The number of carbonyl (C=O) groups is 1. The summed E-state index contributed by atoms with van der Waals surface area (Å²) < 4.78 is 13.7. The molecule has 2 aromatic carbocycles. The normalized spacial score (nSPS) is 18.8. The molecule has 4 rings (SSSR count). The fraction of sp³-hybridized carbons (Fsp3) is 0.350. The zero-order valence-electron chi connectivity index (χ0n) is 15.7. The number of hydrogen-bond acceptors (Lipinski definition) is 5. The van der Waals surface area contributed by atoms with Gasteiger partial charge in [-0.1, -0.05) is 18.2 Å². The van der Waals surface area contributed by atoms with Crippen LogP contribution in [0.25, 0.3) is 0 Å². The van der Waals surface area contributed by atoms with E-state index in [9.17, 15) is 19.3 Å². The van der Waals surface area contributed by atoms with Crippen LogP contribution >= 0.6 is 12.4 Å². The Morgan fingerprint density at radius 3 is 2.83 bits per heavy atom. The van der Waals surface area contributed by atoms with Crippen LogP contribution in [-0.2, 0) is 11.2 Å². The van der Waals surface area contributed by atoms with Gasteiger partial charge in [-0.05, 0) is 29.7 Å². The number of nitro groups is 1. The Kier molecular flexibility index (Phi) is 6.46. The molecule has 1 atom stereocenters. The van der Waals surface area contributed by atoms with Crippen molar-refractivity contribution in [3.05, 3.63) is 69.5 Å². The fourth-order valence-electron chi connectivity index (χ4n) is 3.98. The van der Waals surface area contributed by atoms with Crippen LogP contribution in [0.2, 0.25) is 0 Å². The number of non-ortho nitro benzene ring substituents is 1. The molecule has 0 spiro atoms. The Balaban J connectivity index is 0.00000240. The van der Waals surface area contributed by atoms with E-state index in [-0.39, 0.29) is 42.4 Å². The molecule has 7 nitrogen and oxygen atoms in total. The van der Waals surface area contributed by atoms with Crippen molar-refractivity contribution in [3.63, 3.8) is 0 Å². The molecular weight excluding hydrogens is 399 g/mol. The number of piperazine rings is 1. The first kappa shape index (κ1) is 21.2. The van der Waals surface area contributed by atoms with Crippen LogP contribution in [0.4, 0.5) is 15.8 Å². The third-order valence-electron chi connectivity index (χ3n) is 5.40. The number of nitro benzene ring substituents is 1. The predicted molar refractivity (Wildman–Crippen MR) is 110 cm³/mol. The van der Waals surface area contributed by atoms with E-state index >= 15 is 0 Å². The molecule has 2 aliphatic rings. The van der Waals surface area contributed by atoms with E-state index in [1.165, 1.54) is 24.3 Å². The highest BCUT2D eigenvalue weighted by Crippen LogP contribution is 2.32. The van der Waals surface area contributed by atoms with Crippen molar-refractivity contribution in [1.82, 2.24) is 10.2 Å². The maximum Gasteiger partial charge on any atom is 0.271 e. The Morgan fingerprint density at radius 1 is 1.24 bits per heavy atom. The molecule has 0 radical (unpaired) electrons. The highest BCUT2D eigenvalue weighted by Gasteiger charge is 2.31. The number of nitrogens with zero attached hydrogens (tertiary/aromatic N) is 3. The van der Waals surface area contributed by atoms with Crippen molar-refractivity contribution in [3.8, 4) is 0 Å². The first-order valence-corrected chi connectivity index (χ1v) is 9.31. The van der Waals surface area contributed by atoms with Crippen molar-refractivity contribution in [2.75, 3.05) is 37.6 Å². The summed E-state index contributed by atoms with van der Waals surface area (Å²) in [5.74, 6) is -0.391. The molecule has 154 valence electrons. The second-order valence-corrected chi connectivity index (χ2v) is 7.11. The fourth-order valence-corrected chi connectivity index (χ4v) is 3.98. The molecule has 0 bridgehead atoms. The van der Waals surface area contributed by atoms with Crippen molar-refractivity contribution < 1.29 is 14.1 Å². The van der Waals surface area contributed by atoms with Crippen molar-refractivity contribution >= 4 is 29.7 Å². The van der Waals surface area contributed by atoms with Gasteiger partial charge in [0, 0.05) is 44.4 Å². The lowest BCUT2D eigenvalue weighted by molar-refractivity contribution is -0.384. The van der Waals surface area contributed by atoms with Gasteiger partial charge in [-0.15, -0.1) is 12.4 Å². The van der Waals surface area contributed by atoms with E-state index in [0.29, 0.717) is 31.7 Å². The van der Waals surface area contributed by atoms with Gasteiger partial charge in [0.25, 0.3) is 5.69 Å². The molecule has 0 aliphatic carbocycles. The standard InChI is InChI=1S/C20H21FN4O3.ClH/c21-16-3-1-2-15(10-16)19-12-22-7-9-23(19)13-20(26)24-8-6-14-4-5-17(25(27)28)11-18(14)24;/h1-5,10-11,19,22H,6-9,12-13H2;1H. The van der Waals surface area contributed by atoms with E-state index < -0.39 is 4.92 Å². The number of nitrogens with one attached hydrogen (secondary N) is 1. The molecule has 29 heavy (non-hydrogen) atoms. The van der Waals surface area contributed by atoms with Crippen molar-refractivity contribution in [2.24, 2.45) is 0 Å². The summed E-state index contributed by atoms with van der Waals surface area (Å²) in [5, 5.41) is 14.4. The highest BCUT2D eigenvalue weighted by molar-refractivity contribution is 5.97. The molecule has 1 fully saturated rings. The Labute approximate surface area is 174 Å². The summed E-state index contributed by atoms with van der Waals surface area (Å²) >= 11 is 0.